The lowest BCUT2D eigenvalue weighted by atomic mass is 9.95. The first kappa shape index (κ1) is 11.1. The van der Waals surface area contributed by atoms with Crippen molar-refractivity contribution in [2.24, 2.45) is 0 Å². The van der Waals surface area contributed by atoms with Gasteiger partial charge in [0.2, 0.25) is 0 Å². The summed E-state index contributed by atoms with van der Waals surface area (Å²) >= 11 is 0. The van der Waals surface area contributed by atoms with Crippen molar-refractivity contribution >= 4 is 5.91 Å². The van der Waals surface area contributed by atoms with Gasteiger partial charge in [-0.25, -0.2) is 4.39 Å². The number of aryl methyl sites for hydroxylation is 1. The highest BCUT2D eigenvalue weighted by Crippen LogP contribution is 2.23. The summed E-state index contributed by atoms with van der Waals surface area (Å²) in [5, 5.41) is 9.51. The molecule has 3 nitrogen and oxygen atoms in total. The molecule has 0 aromatic heterocycles. The molecule has 16 heavy (non-hydrogen) atoms. The highest BCUT2D eigenvalue weighted by atomic mass is 19.1. The summed E-state index contributed by atoms with van der Waals surface area (Å²) in [7, 11) is 0. The van der Waals surface area contributed by atoms with Crippen LogP contribution in [-0.4, -0.2) is 34.6 Å². The van der Waals surface area contributed by atoms with Crippen LogP contribution in [0.2, 0.25) is 0 Å². The van der Waals surface area contributed by atoms with Gasteiger partial charge in [-0.1, -0.05) is 6.07 Å². The number of amides is 1. The maximum absolute atomic E-state index is 13.5. The SMILES string of the molecule is Cc1ccc(C(=O)N2CC(C)(O)C2)c(F)c1. The Balaban J connectivity index is 2.16. The van der Waals surface area contributed by atoms with Crippen molar-refractivity contribution in [1.82, 2.24) is 4.90 Å². The molecule has 1 aromatic carbocycles. The summed E-state index contributed by atoms with van der Waals surface area (Å²) < 4.78 is 13.5. The molecule has 1 saturated heterocycles. The van der Waals surface area contributed by atoms with Crippen molar-refractivity contribution in [3.05, 3.63) is 35.1 Å². The summed E-state index contributed by atoms with van der Waals surface area (Å²) in [6, 6.07) is 4.53. The van der Waals surface area contributed by atoms with Gasteiger partial charge in [-0.3, -0.25) is 4.79 Å². The van der Waals surface area contributed by atoms with E-state index in [0.29, 0.717) is 0 Å². The van der Waals surface area contributed by atoms with Crippen LogP contribution in [0, 0.1) is 12.7 Å². The van der Waals surface area contributed by atoms with Crippen LogP contribution in [0.5, 0.6) is 0 Å². The van der Waals surface area contributed by atoms with E-state index in [1.54, 1.807) is 19.9 Å². The van der Waals surface area contributed by atoms with Crippen LogP contribution in [-0.2, 0) is 0 Å². The molecule has 0 radical (unpaired) electrons. The Hall–Kier alpha value is -1.42. The van der Waals surface area contributed by atoms with E-state index < -0.39 is 11.4 Å². The molecule has 1 N–H and O–H groups in total. The number of β-amino-alcohol motifs (C(OH)–C–C–N with tert-alkyl or cyclic N) is 1. The van der Waals surface area contributed by atoms with E-state index in [2.05, 4.69) is 0 Å². The fourth-order valence-electron chi connectivity index (χ4n) is 1.88. The summed E-state index contributed by atoms with van der Waals surface area (Å²) in [6.45, 7) is 3.95. The number of likely N-dealkylation sites (tertiary alicyclic amines) is 1. The van der Waals surface area contributed by atoms with Crippen LogP contribution in [0.3, 0.4) is 0 Å². The van der Waals surface area contributed by atoms with Crippen molar-refractivity contribution in [3.63, 3.8) is 0 Å². The molecule has 1 fully saturated rings. The van der Waals surface area contributed by atoms with Gasteiger partial charge in [0.15, 0.2) is 0 Å². The minimum Gasteiger partial charge on any atom is -0.386 e. The highest BCUT2D eigenvalue weighted by Gasteiger charge is 2.40. The molecule has 1 aliphatic rings. The van der Waals surface area contributed by atoms with Gasteiger partial charge in [0.1, 0.15) is 5.82 Å². The van der Waals surface area contributed by atoms with Gasteiger partial charge in [-0.15, -0.1) is 0 Å². The fourth-order valence-corrected chi connectivity index (χ4v) is 1.88. The van der Waals surface area contributed by atoms with Crippen molar-refractivity contribution < 1.29 is 14.3 Å². The van der Waals surface area contributed by atoms with Crippen LogP contribution >= 0.6 is 0 Å². The summed E-state index contributed by atoms with van der Waals surface area (Å²) in [5.41, 5.74) is 0.0300. The molecule has 0 unspecified atom stereocenters. The average molecular weight is 223 g/mol. The molecular weight excluding hydrogens is 209 g/mol. The van der Waals surface area contributed by atoms with Crippen molar-refractivity contribution in [2.75, 3.05) is 13.1 Å². The molecule has 0 spiro atoms. The van der Waals surface area contributed by atoms with Crippen molar-refractivity contribution in [1.29, 1.82) is 0 Å². The van der Waals surface area contributed by atoms with Gasteiger partial charge in [-0.2, -0.15) is 0 Å². The van der Waals surface area contributed by atoms with Crippen LogP contribution in [0.25, 0.3) is 0 Å². The summed E-state index contributed by atoms with van der Waals surface area (Å²) in [4.78, 5) is 13.3. The monoisotopic (exact) mass is 223 g/mol. The maximum atomic E-state index is 13.5. The number of hydrogen-bond acceptors (Lipinski definition) is 2. The second-order valence-electron chi connectivity index (χ2n) is 4.64. The molecule has 2 rings (SSSR count). The van der Waals surface area contributed by atoms with E-state index >= 15 is 0 Å². The van der Waals surface area contributed by atoms with Crippen molar-refractivity contribution in [3.8, 4) is 0 Å². The lowest BCUT2D eigenvalue weighted by Gasteiger charge is -2.44. The third-order valence-corrected chi connectivity index (χ3v) is 2.71. The first-order valence-electron chi connectivity index (χ1n) is 5.17. The van der Waals surface area contributed by atoms with Gasteiger partial charge >= 0.3 is 0 Å². The Morgan fingerprint density at radius 3 is 2.62 bits per heavy atom. The highest BCUT2D eigenvalue weighted by molar-refractivity contribution is 5.95. The van der Waals surface area contributed by atoms with E-state index in [4.69, 9.17) is 0 Å². The molecule has 0 atom stereocenters. The number of halogens is 1. The van der Waals surface area contributed by atoms with Crippen LogP contribution in [0.15, 0.2) is 18.2 Å². The number of nitrogens with zero attached hydrogens (tertiary/aromatic N) is 1. The standard InChI is InChI=1S/C12H14FNO2/c1-8-3-4-9(10(13)5-8)11(15)14-6-12(2,16)7-14/h3-5,16H,6-7H2,1-2H3. The van der Waals surface area contributed by atoms with Crippen LogP contribution in [0.4, 0.5) is 4.39 Å². The lowest BCUT2D eigenvalue weighted by Crippen LogP contribution is -2.61. The number of carbonyl (C=O) groups excluding carboxylic acids is 1. The number of carbonyl (C=O) groups is 1. The first-order chi connectivity index (χ1) is 7.39. The zero-order valence-corrected chi connectivity index (χ0v) is 9.33. The van der Waals surface area contributed by atoms with E-state index in [0.717, 1.165) is 5.56 Å². The maximum Gasteiger partial charge on any atom is 0.257 e. The van der Waals surface area contributed by atoms with E-state index in [9.17, 15) is 14.3 Å². The Morgan fingerprint density at radius 2 is 2.12 bits per heavy atom. The quantitative estimate of drug-likeness (QED) is 0.780. The smallest absolute Gasteiger partial charge is 0.257 e. The fraction of sp³-hybridized carbons (Fsp3) is 0.417. The summed E-state index contributed by atoms with van der Waals surface area (Å²) in [5.74, 6) is -0.861. The van der Waals surface area contributed by atoms with Gasteiger partial charge in [0.05, 0.1) is 24.3 Å². The number of benzene rings is 1. The summed E-state index contributed by atoms with van der Waals surface area (Å²) in [6.07, 6.45) is 0. The largest absolute Gasteiger partial charge is 0.386 e. The lowest BCUT2D eigenvalue weighted by molar-refractivity contribution is -0.0670. The Kier molecular flexibility index (Phi) is 2.46. The van der Waals surface area contributed by atoms with Crippen LogP contribution < -0.4 is 0 Å². The molecule has 1 heterocycles. The molecule has 0 bridgehead atoms. The predicted molar refractivity (Wildman–Crippen MR) is 57.7 cm³/mol. The number of aliphatic hydroxyl groups is 1. The average Bonchev–Trinajstić information content (AvgIpc) is 2.13. The minimum atomic E-state index is -0.823. The predicted octanol–water partition coefficient (Wildman–Crippen LogP) is 1.34. The molecule has 1 amide bonds. The van der Waals surface area contributed by atoms with Crippen LogP contribution in [0.1, 0.15) is 22.8 Å². The van der Waals surface area contributed by atoms with Gasteiger partial charge in [-0.05, 0) is 31.5 Å². The van der Waals surface area contributed by atoms with E-state index in [1.807, 2.05) is 0 Å². The second kappa shape index (κ2) is 3.56. The van der Waals surface area contributed by atoms with Gasteiger partial charge in [0.25, 0.3) is 5.91 Å². The number of hydrogen-bond donors (Lipinski definition) is 1. The molecule has 1 aliphatic heterocycles. The second-order valence-corrected chi connectivity index (χ2v) is 4.64. The third kappa shape index (κ3) is 1.93. The van der Waals surface area contributed by atoms with E-state index in [1.165, 1.54) is 17.0 Å². The Labute approximate surface area is 93.5 Å². The zero-order valence-electron chi connectivity index (χ0n) is 9.33. The van der Waals surface area contributed by atoms with Crippen molar-refractivity contribution in [2.45, 2.75) is 19.4 Å². The van der Waals surface area contributed by atoms with E-state index in [-0.39, 0.29) is 24.6 Å². The molecule has 0 saturated carbocycles. The zero-order chi connectivity index (χ0) is 11.9. The number of rotatable bonds is 1. The Morgan fingerprint density at radius 1 is 1.50 bits per heavy atom. The molecule has 86 valence electrons. The molecule has 1 aromatic rings. The molecule has 0 aliphatic carbocycles. The normalized spacial score (nSPS) is 18.1. The third-order valence-electron chi connectivity index (χ3n) is 2.71. The minimum absolute atomic E-state index is 0.0705. The topological polar surface area (TPSA) is 40.5 Å². The van der Waals surface area contributed by atoms with Gasteiger partial charge in [0, 0.05) is 0 Å². The van der Waals surface area contributed by atoms with Gasteiger partial charge < -0.3 is 10.0 Å². The first-order valence-corrected chi connectivity index (χ1v) is 5.17. The molecule has 4 heteroatoms. The molecular formula is C12H14FNO2. The Bertz CT molecular complexity index is 435.